The van der Waals surface area contributed by atoms with E-state index in [1.807, 2.05) is 6.07 Å². The fourth-order valence-corrected chi connectivity index (χ4v) is 2.33. The second-order valence-corrected chi connectivity index (χ2v) is 5.29. The minimum absolute atomic E-state index is 0.0959. The topological polar surface area (TPSA) is 61.6 Å². The number of benzene rings is 2. The Balaban J connectivity index is 1.66. The van der Waals surface area contributed by atoms with E-state index in [2.05, 4.69) is 4.98 Å². The Morgan fingerprint density at radius 2 is 1.88 bits per heavy atom. The second-order valence-electron chi connectivity index (χ2n) is 5.29. The summed E-state index contributed by atoms with van der Waals surface area (Å²) in [5.41, 5.74) is 1.88. The Bertz CT molecular complexity index is 858. The van der Waals surface area contributed by atoms with Gasteiger partial charge in [0, 0.05) is 12.7 Å². The van der Waals surface area contributed by atoms with E-state index in [4.69, 9.17) is 13.9 Å². The number of halogens is 1. The summed E-state index contributed by atoms with van der Waals surface area (Å²) >= 11 is 0. The molecule has 3 aromatic rings. The number of hydrogen-bond acceptors (Lipinski definition) is 5. The maximum atomic E-state index is 13.0. The summed E-state index contributed by atoms with van der Waals surface area (Å²) in [6.07, 6.45) is 1.51. The molecular formula is C19H16FNO4. The van der Waals surface area contributed by atoms with E-state index < -0.39 is 5.97 Å². The lowest BCUT2D eigenvalue weighted by molar-refractivity contribution is 0.0434. The van der Waals surface area contributed by atoms with Gasteiger partial charge in [-0.1, -0.05) is 18.2 Å². The average molecular weight is 341 g/mol. The normalized spacial score (nSPS) is 10.6. The Morgan fingerprint density at radius 1 is 1.12 bits per heavy atom. The predicted octanol–water partition coefficient (Wildman–Crippen LogP) is 3.98. The van der Waals surface area contributed by atoms with Crippen LogP contribution in [-0.2, 0) is 22.7 Å². The maximum absolute atomic E-state index is 13.0. The number of rotatable bonds is 6. The van der Waals surface area contributed by atoms with E-state index in [-0.39, 0.29) is 18.3 Å². The van der Waals surface area contributed by atoms with Crippen molar-refractivity contribution in [2.24, 2.45) is 0 Å². The number of carbonyl (C=O) groups excluding carboxylic acids is 1. The van der Waals surface area contributed by atoms with Crippen molar-refractivity contribution in [1.82, 2.24) is 4.98 Å². The summed E-state index contributed by atoms with van der Waals surface area (Å²) in [5.74, 6) is -0.0657. The number of esters is 1. The number of oxazole rings is 1. The van der Waals surface area contributed by atoms with Crippen molar-refractivity contribution in [2.45, 2.75) is 13.2 Å². The van der Waals surface area contributed by atoms with Gasteiger partial charge < -0.3 is 13.9 Å². The highest BCUT2D eigenvalue weighted by molar-refractivity contribution is 5.91. The van der Waals surface area contributed by atoms with Crippen LogP contribution in [-0.4, -0.2) is 18.1 Å². The predicted molar refractivity (Wildman–Crippen MR) is 88.2 cm³/mol. The van der Waals surface area contributed by atoms with Gasteiger partial charge in [0.1, 0.15) is 5.82 Å². The number of ether oxygens (including phenoxy) is 2. The lowest BCUT2D eigenvalue weighted by atomic mass is 10.1. The maximum Gasteiger partial charge on any atom is 0.339 e. The molecule has 0 radical (unpaired) electrons. The summed E-state index contributed by atoms with van der Waals surface area (Å²) in [6, 6.07) is 12.9. The van der Waals surface area contributed by atoms with Crippen LogP contribution >= 0.6 is 0 Å². The Morgan fingerprint density at radius 3 is 2.64 bits per heavy atom. The van der Waals surface area contributed by atoms with Crippen molar-refractivity contribution in [3.05, 3.63) is 77.6 Å². The van der Waals surface area contributed by atoms with E-state index in [9.17, 15) is 9.18 Å². The monoisotopic (exact) mass is 341 g/mol. The zero-order valence-corrected chi connectivity index (χ0v) is 13.6. The molecule has 0 aliphatic heterocycles. The van der Waals surface area contributed by atoms with Crippen molar-refractivity contribution < 1.29 is 23.1 Å². The highest BCUT2D eigenvalue weighted by Crippen LogP contribution is 2.21. The zero-order valence-electron chi connectivity index (χ0n) is 13.6. The Labute approximate surface area is 144 Å². The number of nitrogens with zero attached hydrogens (tertiary/aromatic N) is 1. The van der Waals surface area contributed by atoms with Crippen LogP contribution in [0.15, 0.2) is 59.1 Å². The fraction of sp³-hybridized carbons (Fsp3) is 0.158. The summed E-state index contributed by atoms with van der Waals surface area (Å²) in [5, 5.41) is 0. The molecule has 0 aliphatic rings. The molecule has 0 amide bonds. The summed E-state index contributed by atoms with van der Waals surface area (Å²) in [6.45, 7) is 0.223. The molecule has 0 fully saturated rings. The standard InChI is InChI=1S/C19H16FNO4/c1-23-11-14-4-2-3-5-16(14)19(22)24-12-18-21-10-17(25-18)13-6-8-15(20)9-7-13/h2-10H,11-12H2,1H3. The summed E-state index contributed by atoms with van der Waals surface area (Å²) in [4.78, 5) is 16.3. The first kappa shape index (κ1) is 16.9. The number of carbonyl (C=O) groups is 1. The van der Waals surface area contributed by atoms with Gasteiger partial charge in [0.05, 0.1) is 18.4 Å². The van der Waals surface area contributed by atoms with Crippen LogP contribution in [0.4, 0.5) is 4.39 Å². The molecule has 1 heterocycles. The number of hydrogen-bond donors (Lipinski definition) is 0. The molecule has 6 heteroatoms. The summed E-state index contributed by atoms with van der Waals surface area (Å²) < 4.78 is 28.8. The first-order chi connectivity index (χ1) is 12.2. The van der Waals surface area contributed by atoms with Crippen molar-refractivity contribution in [1.29, 1.82) is 0 Å². The molecule has 0 bridgehead atoms. The smallest absolute Gasteiger partial charge is 0.339 e. The van der Waals surface area contributed by atoms with E-state index in [1.165, 1.54) is 18.3 Å². The van der Waals surface area contributed by atoms with Crippen molar-refractivity contribution in [3.8, 4) is 11.3 Å². The van der Waals surface area contributed by atoms with Crippen molar-refractivity contribution in [3.63, 3.8) is 0 Å². The molecule has 5 nitrogen and oxygen atoms in total. The molecule has 0 spiro atoms. The van der Waals surface area contributed by atoms with Gasteiger partial charge in [0.15, 0.2) is 12.4 Å². The number of aromatic nitrogens is 1. The third-order valence-corrected chi connectivity index (χ3v) is 3.55. The minimum Gasteiger partial charge on any atom is -0.452 e. The molecule has 0 aliphatic carbocycles. The largest absolute Gasteiger partial charge is 0.452 e. The SMILES string of the molecule is COCc1ccccc1C(=O)OCc1ncc(-c2ccc(F)cc2)o1. The average Bonchev–Trinajstić information content (AvgIpc) is 3.10. The van der Waals surface area contributed by atoms with Gasteiger partial charge in [-0.25, -0.2) is 14.2 Å². The second kappa shape index (κ2) is 7.72. The molecule has 0 saturated heterocycles. The van der Waals surface area contributed by atoms with Crippen LogP contribution in [0, 0.1) is 5.82 Å². The molecule has 128 valence electrons. The minimum atomic E-state index is -0.478. The van der Waals surface area contributed by atoms with Crippen LogP contribution in [0.1, 0.15) is 21.8 Å². The number of methoxy groups -OCH3 is 1. The zero-order chi connectivity index (χ0) is 17.6. The lowest BCUT2D eigenvalue weighted by Crippen LogP contribution is -2.09. The van der Waals surface area contributed by atoms with Crippen LogP contribution in [0.3, 0.4) is 0 Å². The first-order valence-electron chi connectivity index (χ1n) is 7.62. The Hall–Kier alpha value is -2.99. The molecule has 0 N–H and O–H groups in total. The first-order valence-corrected chi connectivity index (χ1v) is 7.62. The molecule has 1 aromatic heterocycles. The van der Waals surface area contributed by atoms with Gasteiger partial charge in [-0.3, -0.25) is 0 Å². The highest BCUT2D eigenvalue weighted by atomic mass is 19.1. The molecule has 0 unspecified atom stereocenters. The van der Waals surface area contributed by atoms with Gasteiger partial charge >= 0.3 is 5.97 Å². The molecule has 25 heavy (non-hydrogen) atoms. The summed E-state index contributed by atoms with van der Waals surface area (Å²) in [7, 11) is 1.56. The van der Waals surface area contributed by atoms with Crippen LogP contribution in [0.2, 0.25) is 0 Å². The van der Waals surface area contributed by atoms with Gasteiger partial charge in [-0.05, 0) is 35.9 Å². The molecular weight excluding hydrogens is 325 g/mol. The van der Waals surface area contributed by atoms with Gasteiger partial charge in [0.25, 0.3) is 0 Å². The third-order valence-electron chi connectivity index (χ3n) is 3.55. The van der Waals surface area contributed by atoms with Gasteiger partial charge in [-0.2, -0.15) is 0 Å². The Kier molecular flexibility index (Phi) is 5.20. The highest BCUT2D eigenvalue weighted by Gasteiger charge is 2.14. The van der Waals surface area contributed by atoms with Crippen molar-refractivity contribution >= 4 is 5.97 Å². The van der Waals surface area contributed by atoms with E-state index in [1.54, 1.807) is 37.4 Å². The van der Waals surface area contributed by atoms with Crippen molar-refractivity contribution in [2.75, 3.05) is 7.11 Å². The van der Waals surface area contributed by atoms with Crippen LogP contribution < -0.4 is 0 Å². The third kappa shape index (κ3) is 4.10. The van der Waals surface area contributed by atoms with E-state index in [0.717, 1.165) is 5.56 Å². The van der Waals surface area contributed by atoms with Gasteiger partial charge in [0.2, 0.25) is 5.89 Å². The van der Waals surface area contributed by atoms with Crippen LogP contribution in [0.25, 0.3) is 11.3 Å². The molecule has 0 atom stereocenters. The fourth-order valence-electron chi connectivity index (χ4n) is 2.33. The molecule has 0 saturated carbocycles. The molecule has 2 aromatic carbocycles. The van der Waals surface area contributed by atoms with Gasteiger partial charge in [-0.15, -0.1) is 0 Å². The van der Waals surface area contributed by atoms with E-state index >= 15 is 0 Å². The lowest BCUT2D eigenvalue weighted by Gasteiger charge is -2.07. The quantitative estimate of drug-likeness (QED) is 0.635. The van der Waals surface area contributed by atoms with E-state index in [0.29, 0.717) is 23.5 Å². The van der Waals surface area contributed by atoms with Crippen LogP contribution in [0.5, 0.6) is 0 Å². The molecule has 3 rings (SSSR count).